The maximum absolute atomic E-state index is 12.1. The molecule has 2 aromatic carbocycles. The number of benzene rings is 2. The first-order chi connectivity index (χ1) is 11.6. The average molecular weight is 325 g/mol. The van der Waals surface area contributed by atoms with E-state index >= 15 is 0 Å². The van der Waals surface area contributed by atoms with Gasteiger partial charge in [-0.2, -0.15) is 0 Å². The number of carboxylic acids is 1. The lowest BCUT2D eigenvalue weighted by atomic mass is 9.74. The number of carbonyl (C=O) groups excluding carboxylic acids is 1. The van der Waals surface area contributed by atoms with E-state index in [0.29, 0.717) is 6.42 Å². The molecule has 2 aromatic rings. The molecule has 1 saturated carbocycles. The van der Waals surface area contributed by atoms with Gasteiger partial charge in [-0.15, -0.1) is 0 Å². The second kappa shape index (κ2) is 7.04. The number of fused-ring (bicyclic) bond motifs is 1. The van der Waals surface area contributed by atoms with E-state index in [1.165, 1.54) is 16.3 Å². The van der Waals surface area contributed by atoms with Crippen LogP contribution in [0.2, 0.25) is 0 Å². The molecule has 1 fully saturated rings. The lowest BCUT2D eigenvalue weighted by Crippen LogP contribution is -2.54. The average Bonchev–Trinajstić information content (AvgIpc) is 2.52. The first-order valence-corrected chi connectivity index (χ1v) is 8.57. The molecular weight excluding hydrogens is 302 g/mol. The number of carbonyl (C=O) groups is 2. The molecule has 0 saturated heterocycles. The summed E-state index contributed by atoms with van der Waals surface area (Å²) >= 11 is 0. The fourth-order valence-corrected chi connectivity index (χ4v) is 3.44. The normalized spacial score (nSPS) is 15.7. The van der Waals surface area contributed by atoms with Crippen molar-refractivity contribution < 1.29 is 14.7 Å². The summed E-state index contributed by atoms with van der Waals surface area (Å²) in [7, 11) is 0. The van der Waals surface area contributed by atoms with Gasteiger partial charge in [0.15, 0.2) is 0 Å². The summed E-state index contributed by atoms with van der Waals surface area (Å²) in [4.78, 5) is 23.1. The highest BCUT2D eigenvalue weighted by atomic mass is 16.4. The third kappa shape index (κ3) is 3.94. The molecule has 1 amide bonds. The zero-order valence-corrected chi connectivity index (χ0v) is 13.8. The van der Waals surface area contributed by atoms with Gasteiger partial charge in [0.2, 0.25) is 5.91 Å². The summed E-state index contributed by atoms with van der Waals surface area (Å²) in [6, 6.07) is 14.6. The van der Waals surface area contributed by atoms with Gasteiger partial charge in [0.05, 0.1) is 12.0 Å². The van der Waals surface area contributed by atoms with E-state index in [9.17, 15) is 9.59 Å². The number of rotatable bonds is 7. The van der Waals surface area contributed by atoms with Crippen molar-refractivity contribution in [2.24, 2.45) is 0 Å². The van der Waals surface area contributed by atoms with Gasteiger partial charge < -0.3 is 10.4 Å². The van der Waals surface area contributed by atoms with E-state index in [4.69, 9.17) is 5.11 Å². The topological polar surface area (TPSA) is 66.4 Å². The summed E-state index contributed by atoms with van der Waals surface area (Å²) in [5.41, 5.74) is 0.733. The Morgan fingerprint density at radius 1 is 1.08 bits per heavy atom. The third-order valence-corrected chi connectivity index (χ3v) is 4.89. The van der Waals surface area contributed by atoms with Crippen LogP contribution in [0.5, 0.6) is 0 Å². The van der Waals surface area contributed by atoms with Crippen LogP contribution in [0.3, 0.4) is 0 Å². The van der Waals surface area contributed by atoms with E-state index in [-0.39, 0.29) is 12.3 Å². The van der Waals surface area contributed by atoms with Crippen LogP contribution in [-0.2, 0) is 16.0 Å². The smallest absolute Gasteiger partial charge is 0.305 e. The highest BCUT2D eigenvalue weighted by Gasteiger charge is 2.40. The van der Waals surface area contributed by atoms with Crippen LogP contribution < -0.4 is 5.32 Å². The maximum atomic E-state index is 12.1. The molecule has 0 atom stereocenters. The zero-order valence-electron chi connectivity index (χ0n) is 13.8. The lowest BCUT2D eigenvalue weighted by Gasteiger charge is -2.41. The quantitative estimate of drug-likeness (QED) is 0.816. The highest BCUT2D eigenvalue weighted by Crippen LogP contribution is 2.35. The molecule has 4 heteroatoms. The fourth-order valence-electron chi connectivity index (χ4n) is 3.44. The maximum Gasteiger partial charge on any atom is 0.305 e. The molecule has 24 heavy (non-hydrogen) atoms. The van der Waals surface area contributed by atoms with E-state index < -0.39 is 11.5 Å². The number of hydrogen-bond donors (Lipinski definition) is 2. The molecule has 0 heterocycles. The molecule has 1 aliphatic carbocycles. The van der Waals surface area contributed by atoms with Crippen LogP contribution >= 0.6 is 0 Å². The van der Waals surface area contributed by atoms with Crippen molar-refractivity contribution in [3.63, 3.8) is 0 Å². The Morgan fingerprint density at radius 3 is 2.50 bits per heavy atom. The Labute approximate surface area is 141 Å². The van der Waals surface area contributed by atoms with Gasteiger partial charge in [-0.05, 0) is 48.4 Å². The summed E-state index contributed by atoms with van der Waals surface area (Å²) in [6.07, 6.45) is 4.63. The third-order valence-electron chi connectivity index (χ3n) is 4.89. The Balaban J connectivity index is 1.50. The predicted molar refractivity (Wildman–Crippen MR) is 93.9 cm³/mol. The van der Waals surface area contributed by atoms with Crippen molar-refractivity contribution in [1.29, 1.82) is 0 Å². The molecule has 0 radical (unpaired) electrons. The molecule has 0 aromatic heterocycles. The molecule has 4 nitrogen and oxygen atoms in total. The number of aliphatic carboxylic acids is 1. The minimum Gasteiger partial charge on any atom is -0.481 e. The van der Waals surface area contributed by atoms with Gasteiger partial charge in [0.25, 0.3) is 0 Å². The van der Waals surface area contributed by atoms with Crippen LogP contribution in [0.1, 0.15) is 44.1 Å². The van der Waals surface area contributed by atoms with Crippen molar-refractivity contribution in [3.8, 4) is 0 Å². The Kier molecular flexibility index (Phi) is 4.84. The summed E-state index contributed by atoms with van der Waals surface area (Å²) in [6.45, 7) is 0. The second-order valence-electron chi connectivity index (χ2n) is 6.79. The Morgan fingerprint density at radius 2 is 1.83 bits per heavy atom. The fraction of sp³-hybridized carbons (Fsp3) is 0.400. The Hall–Kier alpha value is -2.36. The molecule has 0 spiro atoms. The molecule has 0 unspecified atom stereocenters. The van der Waals surface area contributed by atoms with Crippen molar-refractivity contribution in [1.82, 2.24) is 5.32 Å². The van der Waals surface area contributed by atoms with Gasteiger partial charge in [-0.3, -0.25) is 9.59 Å². The summed E-state index contributed by atoms with van der Waals surface area (Å²) in [5.74, 6) is -0.872. The largest absolute Gasteiger partial charge is 0.481 e. The van der Waals surface area contributed by atoms with E-state index in [1.807, 2.05) is 12.1 Å². The molecule has 0 aliphatic heterocycles. The highest BCUT2D eigenvalue weighted by molar-refractivity contribution is 5.83. The van der Waals surface area contributed by atoms with E-state index in [2.05, 4.69) is 35.6 Å². The van der Waals surface area contributed by atoms with Crippen molar-refractivity contribution in [2.45, 2.75) is 50.5 Å². The van der Waals surface area contributed by atoms with Gasteiger partial charge >= 0.3 is 5.97 Å². The number of aryl methyl sites for hydroxylation is 1. The number of carboxylic acid groups (broad SMARTS) is 1. The minimum absolute atomic E-state index is 0.0308. The van der Waals surface area contributed by atoms with Crippen molar-refractivity contribution in [2.75, 3.05) is 0 Å². The minimum atomic E-state index is -0.842. The van der Waals surface area contributed by atoms with Gasteiger partial charge in [0.1, 0.15) is 0 Å². The van der Waals surface area contributed by atoms with E-state index in [0.717, 1.165) is 32.1 Å². The monoisotopic (exact) mass is 325 g/mol. The Bertz CT molecular complexity index is 749. The van der Waals surface area contributed by atoms with E-state index in [1.54, 1.807) is 0 Å². The van der Waals surface area contributed by atoms with Crippen LogP contribution in [0.15, 0.2) is 42.5 Å². The lowest BCUT2D eigenvalue weighted by molar-refractivity contribution is -0.140. The van der Waals surface area contributed by atoms with Gasteiger partial charge in [0, 0.05) is 6.42 Å². The second-order valence-corrected chi connectivity index (χ2v) is 6.79. The first-order valence-electron chi connectivity index (χ1n) is 8.57. The molecule has 1 aliphatic rings. The zero-order chi connectivity index (χ0) is 17.0. The molecular formula is C20H23NO3. The number of hydrogen-bond acceptors (Lipinski definition) is 2. The summed E-state index contributed by atoms with van der Waals surface area (Å²) < 4.78 is 0. The predicted octanol–water partition coefficient (Wildman–Crippen LogP) is 3.68. The van der Waals surface area contributed by atoms with Crippen LogP contribution in [0.25, 0.3) is 10.8 Å². The van der Waals surface area contributed by atoms with Crippen molar-refractivity contribution in [3.05, 3.63) is 48.0 Å². The summed E-state index contributed by atoms with van der Waals surface area (Å²) in [5, 5.41) is 14.4. The number of nitrogens with one attached hydrogen (secondary N) is 1. The molecule has 0 bridgehead atoms. The van der Waals surface area contributed by atoms with Crippen LogP contribution in [0.4, 0.5) is 0 Å². The molecule has 126 valence electrons. The molecule has 2 N–H and O–H groups in total. The van der Waals surface area contributed by atoms with Crippen molar-refractivity contribution >= 4 is 22.6 Å². The van der Waals surface area contributed by atoms with Gasteiger partial charge in [-0.1, -0.05) is 42.5 Å². The molecule has 3 rings (SSSR count). The SMILES string of the molecule is O=C(O)CC1(NC(=O)CCCc2ccc3ccccc3c2)CCC1. The van der Waals surface area contributed by atoms with Crippen LogP contribution in [-0.4, -0.2) is 22.5 Å². The number of amides is 1. The van der Waals surface area contributed by atoms with Gasteiger partial charge in [-0.25, -0.2) is 0 Å². The standard InChI is InChI=1S/C20H23NO3/c22-18(21-20(11-4-12-20)14-19(23)24)8-3-5-15-9-10-16-6-1-2-7-17(16)13-15/h1-2,6-7,9-10,13H,3-5,8,11-12,14H2,(H,21,22)(H,23,24). The van der Waals surface area contributed by atoms with Crippen LogP contribution in [0, 0.1) is 0 Å². The first kappa shape index (κ1) is 16.5.